The monoisotopic (exact) mass is 289 g/mol. The molecule has 1 heterocycles. The van der Waals surface area contributed by atoms with Gasteiger partial charge >= 0.3 is 0 Å². The van der Waals surface area contributed by atoms with Crippen molar-refractivity contribution in [2.75, 3.05) is 24.7 Å². The van der Waals surface area contributed by atoms with Gasteiger partial charge < -0.3 is 10.4 Å². The Morgan fingerprint density at radius 1 is 1.50 bits per heavy atom. The van der Waals surface area contributed by atoms with Gasteiger partial charge in [0.15, 0.2) is 0 Å². The summed E-state index contributed by atoms with van der Waals surface area (Å²) in [5.74, 6) is 1.90. The van der Waals surface area contributed by atoms with Crippen molar-refractivity contribution in [2.45, 2.75) is 26.2 Å². The lowest BCUT2D eigenvalue weighted by molar-refractivity contribution is 0.0958. The van der Waals surface area contributed by atoms with Crippen LogP contribution in [0.2, 0.25) is 0 Å². The summed E-state index contributed by atoms with van der Waals surface area (Å²) in [6, 6.07) is 0. The molecule has 0 saturated heterocycles. The molecule has 7 heteroatoms. The number of nitrogens with zero attached hydrogens (tertiary/aromatic N) is 2. The summed E-state index contributed by atoms with van der Waals surface area (Å²) >= 11 is 2.87. The Morgan fingerprint density at radius 2 is 2.28 bits per heavy atom. The third-order valence-electron chi connectivity index (χ3n) is 2.25. The van der Waals surface area contributed by atoms with Gasteiger partial charge in [0.05, 0.1) is 5.69 Å². The first-order valence-corrected chi connectivity index (χ1v) is 7.88. The summed E-state index contributed by atoms with van der Waals surface area (Å²) < 4.78 is 3.83. The van der Waals surface area contributed by atoms with Crippen molar-refractivity contribution in [3.63, 3.8) is 0 Å². The second kappa shape index (κ2) is 8.44. The first kappa shape index (κ1) is 15.4. The standard InChI is InChI=1S/C11H19N3O2S2/c1-8(2)9-10(18-14-13-9)11(16)12-4-7-17-6-3-5-15/h8,15H,3-7H2,1-2H3,(H,12,16). The molecular formula is C11H19N3O2S2. The number of aliphatic hydroxyl groups is 1. The number of carbonyl (C=O) groups is 1. The van der Waals surface area contributed by atoms with E-state index in [4.69, 9.17) is 5.11 Å². The van der Waals surface area contributed by atoms with Crippen LogP contribution >= 0.6 is 23.3 Å². The highest BCUT2D eigenvalue weighted by Gasteiger charge is 2.17. The van der Waals surface area contributed by atoms with Crippen LogP contribution in [0.4, 0.5) is 0 Å². The summed E-state index contributed by atoms with van der Waals surface area (Å²) in [4.78, 5) is 12.5. The van der Waals surface area contributed by atoms with Crippen molar-refractivity contribution in [1.29, 1.82) is 0 Å². The van der Waals surface area contributed by atoms with Gasteiger partial charge in [-0.1, -0.05) is 18.3 Å². The number of aromatic nitrogens is 2. The van der Waals surface area contributed by atoms with E-state index >= 15 is 0 Å². The van der Waals surface area contributed by atoms with Gasteiger partial charge in [-0.25, -0.2) is 0 Å². The third-order valence-corrected chi connectivity index (χ3v) is 4.06. The summed E-state index contributed by atoms with van der Waals surface area (Å²) in [5.41, 5.74) is 0.769. The van der Waals surface area contributed by atoms with E-state index in [1.54, 1.807) is 11.8 Å². The Kier molecular flexibility index (Phi) is 7.22. The molecule has 0 aliphatic rings. The minimum atomic E-state index is -0.0866. The van der Waals surface area contributed by atoms with Crippen LogP contribution in [0.5, 0.6) is 0 Å². The van der Waals surface area contributed by atoms with Crippen molar-refractivity contribution in [2.24, 2.45) is 0 Å². The fraction of sp³-hybridized carbons (Fsp3) is 0.727. The first-order valence-electron chi connectivity index (χ1n) is 5.95. The van der Waals surface area contributed by atoms with Crippen LogP contribution in [-0.4, -0.2) is 45.3 Å². The highest BCUT2D eigenvalue weighted by atomic mass is 32.2. The van der Waals surface area contributed by atoms with E-state index in [2.05, 4.69) is 14.9 Å². The molecule has 0 aromatic carbocycles. The molecule has 1 aromatic heterocycles. The maximum atomic E-state index is 11.9. The smallest absolute Gasteiger partial charge is 0.264 e. The van der Waals surface area contributed by atoms with Crippen molar-refractivity contribution >= 4 is 29.2 Å². The summed E-state index contributed by atoms with van der Waals surface area (Å²) in [5, 5.41) is 15.5. The Hall–Kier alpha value is -0.660. The molecule has 0 bridgehead atoms. The number of nitrogens with one attached hydrogen (secondary N) is 1. The van der Waals surface area contributed by atoms with Crippen LogP contribution in [0.25, 0.3) is 0 Å². The van der Waals surface area contributed by atoms with E-state index in [-0.39, 0.29) is 18.4 Å². The number of carbonyl (C=O) groups excluding carboxylic acids is 1. The maximum absolute atomic E-state index is 11.9. The van der Waals surface area contributed by atoms with Gasteiger partial charge in [0.25, 0.3) is 5.91 Å². The highest BCUT2D eigenvalue weighted by molar-refractivity contribution is 7.99. The van der Waals surface area contributed by atoms with E-state index in [1.165, 1.54) is 0 Å². The highest BCUT2D eigenvalue weighted by Crippen LogP contribution is 2.19. The summed E-state index contributed by atoms with van der Waals surface area (Å²) in [6.07, 6.45) is 0.800. The first-order chi connectivity index (χ1) is 8.66. The number of hydrogen-bond acceptors (Lipinski definition) is 6. The Labute approximate surface area is 116 Å². The normalized spacial score (nSPS) is 10.9. The van der Waals surface area contributed by atoms with Crippen molar-refractivity contribution in [3.8, 4) is 0 Å². The topological polar surface area (TPSA) is 75.1 Å². The van der Waals surface area contributed by atoms with E-state index < -0.39 is 0 Å². The van der Waals surface area contributed by atoms with Gasteiger partial charge in [0.2, 0.25) is 0 Å². The molecule has 18 heavy (non-hydrogen) atoms. The lowest BCUT2D eigenvalue weighted by Crippen LogP contribution is -2.26. The van der Waals surface area contributed by atoms with Crippen LogP contribution in [0.1, 0.15) is 41.6 Å². The largest absolute Gasteiger partial charge is 0.396 e. The van der Waals surface area contributed by atoms with Crippen molar-refractivity contribution in [3.05, 3.63) is 10.6 Å². The minimum Gasteiger partial charge on any atom is -0.396 e. The molecular weight excluding hydrogens is 270 g/mol. The second-order valence-electron chi connectivity index (χ2n) is 4.09. The van der Waals surface area contributed by atoms with Gasteiger partial charge in [-0.05, 0) is 29.6 Å². The number of rotatable bonds is 8. The van der Waals surface area contributed by atoms with Gasteiger partial charge in [0.1, 0.15) is 4.88 Å². The lowest BCUT2D eigenvalue weighted by atomic mass is 10.1. The molecule has 102 valence electrons. The van der Waals surface area contributed by atoms with Gasteiger partial charge in [-0.3, -0.25) is 4.79 Å². The van der Waals surface area contributed by atoms with Crippen LogP contribution in [0, 0.1) is 0 Å². The van der Waals surface area contributed by atoms with Crippen LogP contribution in [0.3, 0.4) is 0 Å². The average molecular weight is 289 g/mol. The number of amides is 1. The molecule has 0 fully saturated rings. The molecule has 1 aromatic rings. The van der Waals surface area contributed by atoms with E-state index in [1.807, 2.05) is 13.8 Å². The molecule has 0 aliphatic carbocycles. The fourth-order valence-corrected chi connectivity index (χ4v) is 2.84. The average Bonchev–Trinajstić information content (AvgIpc) is 2.82. The van der Waals surface area contributed by atoms with E-state index in [0.717, 1.165) is 35.2 Å². The SMILES string of the molecule is CC(C)c1nnsc1C(=O)NCCSCCCO. The zero-order chi connectivity index (χ0) is 13.4. The maximum Gasteiger partial charge on any atom is 0.264 e. The van der Waals surface area contributed by atoms with E-state index in [0.29, 0.717) is 11.4 Å². The number of thioether (sulfide) groups is 1. The second-order valence-corrected chi connectivity index (χ2v) is 6.07. The molecule has 0 saturated carbocycles. The van der Waals surface area contributed by atoms with Gasteiger partial charge in [0, 0.05) is 18.9 Å². The molecule has 1 amide bonds. The lowest BCUT2D eigenvalue weighted by Gasteiger charge is -2.05. The van der Waals surface area contributed by atoms with Crippen LogP contribution in [-0.2, 0) is 0 Å². The predicted octanol–water partition coefficient (Wildman–Crippen LogP) is 1.51. The number of aliphatic hydroxyl groups excluding tert-OH is 1. The molecule has 5 nitrogen and oxygen atoms in total. The zero-order valence-electron chi connectivity index (χ0n) is 10.7. The Morgan fingerprint density at radius 3 is 2.94 bits per heavy atom. The van der Waals surface area contributed by atoms with Crippen molar-refractivity contribution < 1.29 is 9.90 Å². The third kappa shape index (κ3) is 4.91. The molecule has 2 N–H and O–H groups in total. The fourth-order valence-electron chi connectivity index (χ4n) is 1.32. The quantitative estimate of drug-likeness (QED) is 0.710. The van der Waals surface area contributed by atoms with Crippen LogP contribution < -0.4 is 5.32 Å². The molecule has 0 aliphatic heterocycles. The molecule has 0 atom stereocenters. The zero-order valence-corrected chi connectivity index (χ0v) is 12.3. The summed E-state index contributed by atoms with van der Waals surface area (Å²) in [6.45, 7) is 4.85. The van der Waals surface area contributed by atoms with Gasteiger partial charge in [-0.2, -0.15) is 11.8 Å². The van der Waals surface area contributed by atoms with Crippen LogP contribution in [0.15, 0.2) is 0 Å². The predicted molar refractivity (Wildman–Crippen MR) is 75.4 cm³/mol. The van der Waals surface area contributed by atoms with Crippen molar-refractivity contribution in [1.82, 2.24) is 14.9 Å². The van der Waals surface area contributed by atoms with Gasteiger partial charge in [-0.15, -0.1) is 5.10 Å². The summed E-state index contributed by atoms with van der Waals surface area (Å²) in [7, 11) is 0. The minimum absolute atomic E-state index is 0.0866. The van der Waals surface area contributed by atoms with E-state index in [9.17, 15) is 4.79 Å². The molecule has 0 radical (unpaired) electrons. The Bertz CT molecular complexity index is 369. The molecule has 0 spiro atoms. The molecule has 1 rings (SSSR count). The molecule has 0 unspecified atom stereocenters. The Balaban J connectivity index is 2.30. The number of hydrogen-bond donors (Lipinski definition) is 2.